The van der Waals surface area contributed by atoms with Crippen LogP contribution in [0.4, 0.5) is 5.69 Å². The van der Waals surface area contributed by atoms with E-state index in [1.807, 2.05) is 38.1 Å². The zero-order valence-electron chi connectivity index (χ0n) is 18.5. The van der Waals surface area contributed by atoms with Gasteiger partial charge in [-0.25, -0.2) is 0 Å². The highest BCUT2D eigenvalue weighted by Gasteiger charge is 2.28. The zero-order chi connectivity index (χ0) is 21.3. The Labute approximate surface area is 175 Å². The lowest BCUT2D eigenvalue weighted by atomic mass is 10.0. The quantitative estimate of drug-likeness (QED) is 0.459. The normalized spacial score (nSPS) is 16.0. The molecule has 3 N–H and O–H groups in total. The third kappa shape index (κ3) is 8.03. The van der Waals surface area contributed by atoms with Crippen LogP contribution in [0.25, 0.3) is 0 Å². The molecular formula is C22H37N5O2. The number of benzene rings is 1. The molecule has 1 aliphatic rings. The summed E-state index contributed by atoms with van der Waals surface area (Å²) in [5.41, 5.74) is 1.93. The summed E-state index contributed by atoms with van der Waals surface area (Å²) in [4.78, 5) is 18.8. The molecule has 29 heavy (non-hydrogen) atoms. The predicted molar refractivity (Wildman–Crippen MR) is 119 cm³/mol. The lowest BCUT2D eigenvalue weighted by molar-refractivity contribution is -0.116. The highest BCUT2D eigenvalue weighted by molar-refractivity contribution is 5.90. The molecule has 162 valence electrons. The summed E-state index contributed by atoms with van der Waals surface area (Å²) in [6.45, 7) is 13.5. The maximum atomic E-state index is 12.0. The number of carbonyl (C=O) groups is 1. The van der Waals surface area contributed by atoms with Gasteiger partial charge in [0.25, 0.3) is 0 Å². The van der Waals surface area contributed by atoms with Crippen LogP contribution in [0.15, 0.2) is 29.3 Å². The molecule has 0 spiro atoms. The maximum absolute atomic E-state index is 12.0. The number of ether oxygens (including phenoxy) is 1. The van der Waals surface area contributed by atoms with Crippen LogP contribution < -0.4 is 16.0 Å². The Morgan fingerprint density at radius 1 is 1.24 bits per heavy atom. The summed E-state index contributed by atoms with van der Waals surface area (Å²) in [7, 11) is 1.78. The van der Waals surface area contributed by atoms with Crippen molar-refractivity contribution in [2.75, 3.05) is 45.2 Å². The highest BCUT2D eigenvalue weighted by atomic mass is 16.5. The molecule has 0 aliphatic carbocycles. The summed E-state index contributed by atoms with van der Waals surface area (Å²) in [6.07, 6.45) is 0.526. The minimum atomic E-state index is 0.0159. The molecule has 0 saturated carbocycles. The summed E-state index contributed by atoms with van der Waals surface area (Å²) in [5.74, 6) is 1.16. The van der Waals surface area contributed by atoms with E-state index in [0.29, 0.717) is 18.9 Å². The van der Waals surface area contributed by atoms with Gasteiger partial charge < -0.3 is 20.7 Å². The number of rotatable bonds is 8. The first-order chi connectivity index (χ1) is 13.8. The zero-order valence-corrected chi connectivity index (χ0v) is 18.5. The molecule has 7 nitrogen and oxygen atoms in total. The van der Waals surface area contributed by atoms with Gasteiger partial charge in [0, 0.05) is 50.9 Å². The second-order valence-electron chi connectivity index (χ2n) is 8.54. The Balaban J connectivity index is 1.84. The van der Waals surface area contributed by atoms with Crippen molar-refractivity contribution in [1.29, 1.82) is 0 Å². The van der Waals surface area contributed by atoms with E-state index < -0.39 is 0 Å². The molecule has 0 radical (unpaired) electrons. The lowest BCUT2D eigenvalue weighted by Gasteiger charge is -2.41. The molecular weight excluding hydrogens is 366 g/mol. The number of carbonyl (C=O) groups excluding carboxylic acids is 1. The van der Waals surface area contributed by atoms with E-state index in [-0.39, 0.29) is 11.4 Å². The monoisotopic (exact) mass is 403 g/mol. The molecule has 1 aromatic rings. The molecule has 7 heteroatoms. The molecule has 1 aliphatic heterocycles. The minimum Gasteiger partial charge on any atom is -0.379 e. The average Bonchev–Trinajstić information content (AvgIpc) is 2.68. The SMILES string of the molecule is CN=C(NCc1cccc(NC(=O)CC(C)C)c1)NCC(C)(C)N1CCOCC1. The van der Waals surface area contributed by atoms with Crippen molar-refractivity contribution in [2.45, 2.75) is 46.2 Å². The van der Waals surface area contributed by atoms with Crippen LogP contribution in [-0.2, 0) is 16.1 Å². The van der Waals surface area contributed by atoms with Gasteiger partial charge >= 0.3 is 0 Å². The molecule has 0 atom stereocenters. The largest absolute Gasteiger partial charge is 0.379 e. The number of hydrogen-bond donors (Lipinski definition) is 3. The van der Waals surface area contributed by atoms with Gasteiger partial charge in [0.15, 0.2) is 5.96 Å². The Kier molecular flexibility index (Phi) is 8.92. The van der Waals surface area contributed by atoms with Crippen molar-refractivity contribution in [3.05, 3.63) is 29.8 Å². The maximum Gasteiger partial charge on any atom is 0.224 e. The van der Waals surface area contributed by atoms with Crippen molar-refractivity contribution in [1.82, 2.24) is 15.5 Å². The smallest absolute Gasteiger partial charge is 0.224 e. The lowest BCUT2D eigenvalue weighted by Crippen LogP contribution is -2.56. The van der Waals surface area contributed by atoms with Gasteiger partial charge in [-0.15, -0.1) is 0 Å². The summed E-state index contributed by atoms with van der Waals surface area (Å²) in [5, 5.41) is 9.76. The number of hydrogen-bond acceptors (Lipinski definition) is 4. The molecule has 1 amide bonds. The summed E-state index contributed by atoms with van der Waals surface area (Å²) in [6, 6.07) is 7.91. The van der Waals surface area contributed by atoms with Gasteiger partial charge in [-0.05, 0) is 37.5 Å². The molecule has 0 aromatic heterocycles. The van der Waals surface area contributed by atoms with Crippen LogP contribution >= 0.6 is 0 Å². The number of morpholine rings is 1. The molecule has 0 unspecified atom stereocenters. The van der Waals surface area contributed by atoms with Crippen LogP contribution in [0.1, 0.15) is 39.7 Å². The first-order valence-corrected chi connectivity index (χ1v) is 10.5. The number of nitrogens with zero attached hydrogens (tertiary/aromatic N) is 2. The summed E-state index contributed by atoms with van der Waals surface area (Å²) < 4.78 is 5.46. The Hall–Kier alpha value is -2.12. The fraction of sp³-hybridized carbons (Fsp3) is 0.636. The minimum absolute atomic E-state index is 0.0159. The first kappa shape index (κ1) is 23.2. The number of aliphatic imine (C=N–C) groups is 1. The topological polar surface area (TPSA) is 78.0 Å². The van der Waals surface area contributed by atoms with Gasteiger partial charge in [0.05, 0.1) is 13.2 Å². The third-order valence-corrected chi connectivity index (χ3v) is 5.04. The van der Waals surface area contributed by atoms with E-state index in [1.54, 1.807) is 7.05 Å². The van der Waals surface area contributed by atoms with Crippen molar-refractivity contribution >= 4 is 17.6 Å². The second-order valence-corrected chi connectivity index (χ2v) is 8.54. The molecule has 1 fully saturated rings. The van der Waals surface area contributed by atoms with Gasteiger partial charge in [-0.1, -0.05) is 26.0 Å². The Morgan fingerprint density at radius 2 is 1.97 bits per heavy atom. The van der Waals surface area contributed by atoms with Crippen LogP contribution in [0.5, 0.6) is 0 Å². The fourth-order valence-corrected chi connectivity index (χ4v) is 3.33. The second kappa shape index (κ2) is 11.2. The van der Waals surface area contributed by atoms with Crippen LogP contribution in [-0.4, -0.2) is 62.2 Å². The molecule has 2 rings (SSSR count). The molecule has 1 aromatic carbocycles. The molecule has 0 bridgehead atoms. The summed E-state index contributed by atoms with van der Waals surface area (Å²) >= 11 is 0. The molecule has 1 saturated heterocycles. The van der Waals surface area contributed by atoms with Crippen LogP contribution in [0.2, 0.25) is 0 Å². The standard InChI is InChI=1S/C22H37N5O2/c1-17(2)13-20(28)26-19-8-6-7-18(14-19)15-24-21(23-5)25-16-22(3,4)27-9-11-29-12-10-27/h6-8,14,17H,9-13,15-16H2,1-5H3,(H,26,28)(H2,23,24,25). The average molecular weight is 404 g/mol. The Bertz CT molecular complexity index is 682. The van der Waals surface area contributed by atoms with Crippen molar-refractivity contribution in [3.63, 3.8) is 0 Å². The Morgan fingerprint density at radius 3 is 2.62 bits per heavy atom. The van der Waals surface area contributed by atoms with Gasteiger partial charge in [-0.2, -0.15) is 0 Å². The highest BCUT2D eigenvalue weighted by Crippen LogP contribution is 2.15. The van der Waals surface area contributed by atoms with E-state index >= 15 is 0 Å². The van der Waals surface area contributed by atoms with E-state index in [2.05, 4.69) is 39.7 Å². The van der Waals surface area contributed by atoms with Crippen molar-refractivity contribution in [3.8, 4) is 0 Å². The number of nitrogens with one attached hydrogen (secondary N) is 3. The number of guanidine groups is 1. The fourth-order valence-electron chi connectivity index (χ4n) is 3.33. The van der Waals surface area contributed by atoms with Crippen LogP contribution in [0, 0.1) is 5.92 Å². The number of anilines is 1. The van der Waals surface area contributed by atoms with Gasteiger partial charge in [0.1, 0.15) is 0 Å². The third-order valence-electron chi connectivity index (χ3n) is 5.04. The van der Waals surface area contributed by atoms with E-state index in [1.165, 1.54) is 0 Å². The molecule has 1 heterocycles. The van der Waals surface area contributed by atoms with E-state index in [4.69, 9.17) is 4.74 Å². The van der Waals surface area contributed by atoms with Gasteiger partial charge in [-0.3, -0.25) is 14.7 Å². The predicted octanol–water partition coefficient (Wildman–Crippen LogP) is 2.45. The van der Waals surface area contributed by atoms with Crippen molar-refractivity contribution in [2.24, 2.45) is 10.9 Å². The van der Waals surface area contributed by atoms with E-state index in [0.717, 1.165) is 50.1 Å². The van der Waals surface area contributed by atoms with E-state index in [9.17, 15) is 4.79 Å². The number of amides is 1. The van der Waals surface area contributed by atoms with Crippen LogP contribution in [0.3, 0.4) is 0 Å². The first-order valence-electron chi connectivity index (χ1n) is 10.5. The van der Waals surface area contributed by atoms with Gasteiger partial charge in [0.2, 0.25) is 5.91 Å². The van der Waals surface area contributed by atoms with Crippen molar-refractivity contribution < 1.29 is 9.53 Å².